The number of ketones is 2. The van der Waals surface area contributed by atoms with Gasteiger partial charge in [-0.1, -0.05) is 18.2 Å². The van der Waals surface area contributed by atoms with E-state index in [4.69, 9.17) is 14.2 Å². The van der Waals surface area contributed by atoms with Crippen molar-refractivity contribution in [3.63, 3.8) is 0 Å². The lowest BCUT2D eigenvalue weighted by atomic mass is 10.0. The summed E-state index contributed by atoms with van der Waals surface area (Å²) in [5.41, 5.74) is 3.57. The van der Waals surface area contributed by atoms with Crippen molar-refractivity contribution >= 4 is 33.0 Å². The molecule has 0 radical (unpaired) electrons. The number of Topliss-reactive ketones (excluding diaryl/α,β-unsaturated/α-hetero) is 2. The van der Waals surface area contributed by atoms with Crippen molar-refractivity contribution in [3.8, 4) is 28.5 Å². The number of hydrogen-bond acceptors (Lipinski definition) is 7. The number of methoxy groups -OCH3 is 3. The van der Waals surface area contributed by atoms with Crippen molar-refractivity contribution in [1.82, 2.24) is 4.98 Å². The van der Waals surface area contributed by atoms with E-state index in [0.717, 1.165) is 10.9 Å². The number of carbonyl (C=O) groups excluding carboxylic acids is 2. The predicted octanol–water partition coefficient (Wildman–Crippen LogP) is 6.14. The molecule has 0 unspecified atom stereocenters. The number of aryl methyl sites for hydroxylation is 1. The second-order valence-corrected chi connectivity index (χ2v) is 8.67. The Labute approximate surface area is 202 Å². The summed E-state index contributed by atoms with van der Waals surface area (Å²) in [7, 11) is 4.61. The Kier molecular flexibility index (Phi) is 6.93. The molecule has 0 N–H and O–H groups in total. The van der Waals surface area contributed by atoms with Crippen LogP contribution in [0.15, 0.2) is 53.9 Å². The Hall–Kier alpha value is -3.71. The van der Waals surface area contributed by atoms with Gasteiger partial charge in [0.25, 0.3) is 0 Å². The van der Waals surface area contributed by atoms with E-state index >= 15 is 0 Å². The number of benzene rings is 2. The number of carbonyl (C=O) groups is 2. The van der Waals surface area contributed by atoms with Crippen LogP contribution in [0, 0.1) is 6.92 Å². The second-order valence-electron chi connectivity index (χ2n) is 7.79. The molecule has 0 bridgehead atoms. The van der Waals surface area contributed by atoms with E-state index in [9.17, 15) is 9.59 Å². The van der Waals surface area contributed by atoms with Gasteiger partial charge in [0.2, 0.25) is 0 Å². The molecule has 174 valence electrons. The van der Waals surface area contributed by atoms with E-state index in [1.807, 2.05) is 17.5 Å². The lowest BCUT2D eigenvalue weighted by Crippen LogP contribution is -2.08. The lowest BCUT2D eigenvalue weighted by molar-refractivity contribution is 0.0914. The highest BCUT2D eigenvalue weighted by atomic mass is 32.1. The Balaban J connectivity index is 1.57. The molecule has 2 aromatic heterocycles. The predicted molar refractivity (Wildman–Crippen MR) is 134 cm³/mol. The average Bonchev–Trinajstić information content (AvgIpc) is 3.31. The van der Waals surface area contributed by atoms with Crippen LogP contribution in [0.25, 0.3) is 21.3 Å². The van der Waals surface area contributed by atoms with Gasteiger partial charge in [-0.05, 0) is 30.7 Å². The minimum Gasteiger partial charge on any atom is -0.497 e. The van der Waals surface area contributed by atoms with Crippen molar-refractivity contribution in [2.45, 2.75) is 19.8 Å². The molecule has 2 aromatic carbocycles. The zero-order chi connectivity index (χ0) is 24.2. The number of hydrogen-bond donors (Lipinski definition) is 0. The van der Waals surface area contributed by atoms with Gasteiger partial charge in [0.05, 0.1) is 27.0 Å². The highest BCUT2D eigenvalue weighted by Gasteiger charge is 2.18. The third-order valence-corrected chi connectivity index (χ3v) is 6.81. The summed E-state index contributed by atoms with van der Waals surface area (Å²) >= 11 is 1.65. The summed E-state index contributed by atoms with van der Waals surface area (Å²) < 4.78 is 17.1. The zero-order valence-electron chi connectivity index (χ0n) is 19.5. The van der Waals surface area contributed by atoms with Crippen LogP contribution in [0.3, 0.4) is 0 Å². The first-order chi connectivity index (χ1) is 16.4. The maximum absolute atomic E-state index is 13.0. The number of rotatable bonds is 9. The molecule has 34 heavy (non-hydrogen) atoms. The minimum absolute atomic E-state index is 0.0380. The molecule has 0 amide bonds. The Morgan fingerprint density at radius 2 is 1.65 bits per heavy atom. The van der Waals surface area contributed by atoms with Gasteiger partial charge in [-0.15, -0.1) is 11.3 Å². The molecule has 7 heteroatoms. The molecular formula is C27H25NO5S. The van der Waals surface area contributed by atoms with Crippen LogP contribution < -0.4 is 14.2 Å². The SMILES string of the molecule is COc1cc(C(=O)CCC(=O)c2ccc(OC)c(OC)c2)nc(-c2csc3c(C)cccc23)c1. The number of aromatic nitrogens is 1. The van der Waals surface area contributed by atoms with Gasteiger partial charge in [-0.25, -0.2) is 4.98 Å². The van der Waals surface area contributed by atoms with Crippen LogP contribution in [0.2, 0.25) is 0 Å². The third-order valence-electron chi connectivity index (χ3n) is 5.68. The molecule has 2 heterocycles. The summed E-state index contributed by atoms with van der Waals surface area (Å²) in [6.45, 7) is 2.08. The summed E-state index contributed by atoms with van der Waals surface area (Å²) in [6.07, 6.45) is 0.0966. The number of pyridine rings is 1. The number of thiophene rings is 1. The fourth-order valence-corrected chi connectivity index (χ4v) is 4.86. The van der Waals surface area contributed by atoms with E-state index in [2.05, 4.69) is 24.0 Å². The monoisotopic (exact) mass is 475 g/mol. The first-order valence-electron chi connectivity index (χ1n) is 10.8. The molecule has 6 nitrogen and oxygen atoms in total. The van der Waals surface area contributed by atoms with Gasteiger partial charge in [0.1, 0.15) is 11.4 Å². The number of nitrogens with zero attached hydrogens (tertiary/aromatic N) is 1. The molecule has 0 spiro atoms. The fraction of sp³-hybridized carbons (Fsp3) is 0.222. The Morgan fingerprint density at radius 1 is 0.882 bits per heavy atom. The van der Waals surface area contributed by atoms with Crippen molar-refractivity contribution in [1.29, 1.82) is 0 Å². The van der Waals surface area contributed by atoms with Crippen LogP contribution >= 0.6 is 11.3 Å². The molecule has 0 fully saturated rings. The van der Waals surface area contributed by atoms with Gasteiger partial charge < -0.3 is 14.2 Å². The van der Waals surface area contributed by atoms with Crippen molar-refractivity contribution in [3.05, 3.63) is 70.7 Å². The quantitative estimate of drug-likeness (QED) is 0.271. The largest absolute Gasteiger partial charge is 0.497 e. The topological polar surface area (TPSA) is 74.7 Å². The lowest BCUT2D eigenvalue weighted by Gasteiger charge is -2.09. The van der Waals surface area contributed by atoms with E-state index in [-0.39, 0.29) is 30.1 Å². The average molecular weight is 476 g/mol. The maximum Gasteiger partial charge on any atom is 0.181 e. The minimum atomic E-state index is -0.218. The van der Waals surface area contributed by atoms with Crippen LogP contribution in [0.5, 0.6) is 17.2 Å². The first kappa shape index (κ1) is 23.4. The van der Waals surface area contributed by atoms with Gasteiger partial charge in [0.15, 0.2) is 23.1 Å². The van der Waals surface area contributed by atoms with Crippen LogP contribution in [-0.4, -0.2) is 37.9 Å². The van der Waals surface area contributed by atoms with E-state index in [0.29, 0.717) is 28.5 Å². The molecule has 0 aliphatic rings. The second kappa shape index (κ2) is 10.1. The molecule has 0 saturated carbocycles. The molecule has 0 aliphatic carbocycles. The van der Waals surface area contributed by atoms with Crippen molar-refractivity contribution in [2.24, 2.45) is 0 Å². The van der Waals surface area contributed by atoms with Crippen LogP contribution in [0.4, 0.5) is 0 Å². The van der Waals surface area contributed by atoms with Gasteiger partial charge >= 0.3 is 0 Å². The summed E-state index contributed by atoms with van der Waals surface area (Å²) in [6, 6.07) is 14.6. The van der Waals surface area contributed by atoms with Gasteiger partial charge in [-0.2, -0.15) is 0 Å². The maximum atomic E-state index is 13.0. The smallest absolute Gasteiger partial charge is 0.181 e. The normalized spacial score (nSPS) is 10.8. The highest BCUT2D eigenvalue weighted by Crippen LogP contribution is 2.36. The molecular weight excluding hydrogens is 450 g/mol. The fourth-order valence-electron chi connectivity index (χ4n) is 3.81. The summed E-state index contributed by atoms with van der Waals surface area (Å²) in [5.74, 6) is 1.18. The summed E-state index contributed by atoms with van der Waals surface area (Å²) in [5, 5.41) is 3.14. The molecule has 4 aromatic rings. The molecule has 0 aliphatic heterocycles. The third kappa shape index (κ3) is 4.65. The zero-order valence-corrected chi connectivity index (χ0v) is 20.3. The van der Waals surface area contributed by atoms with Crippen molar-refractivity contribution in [2.75, 3.05) is 21.3 Å². The standard InChI is InChI=1S/C27H25NO5S/c1-16-6-5-7-19-20(15-34-27(16)19)21-13-18(31-2)14-22(28-21)24(30)10-9-23(29)17-8-11-25(32-3)26(12-17)33-4/h5-8,11-15H,9-10H2,1-4H3. The first-order valence-corrected chi connectivity index (χ1v) is 11.6. The Bertz CT molecular complexity index is 1370. The van der Waals surface area contributed by atoms with Crippen LogP contribution in [0.1, 0.15) is 39.3 Å². The number of fused-ring (bicyclic) bond motifs is 1. The highest BCUT2D eigenvalue weighted by molar-refractivity contribution is 7.18. The summed E-state index contributed by atoms with van der Waals surface area (Å²) in [4.78, 5) is 30.3. The number of ether oxygens (including phenoxy) is 3. The van der Waals surface area contributed by atoms with Gasteiger partial charge in [-0.3, -0.25) is 9.59 Å². The molecule has 0 saturated heterocycles. The van der Waals surface area contributed by atoms with Crippen LogP contribution in [-0.2, 0) is 0 Å². The molecule has 4 rings (SSSR count). The van der Waals surface area contributed by atoms with E-state index in [1.54, 1.807) is 42.7 Å². The molecule has 0 atom stereocenters. The van der Waals surface area contributed by atoms with E-state index < -0.39 is 0 Å². The van der Waals surface area contributed by atoms with Crippen molar-refractivity contribution < 1.29 is 23.8 Å². The van der Waals surface area contributed by atoms with E-state index in [1.165, 1.54) is 24.5 Å². The Morgan fingerprint density at radius 3 is 2.38 bits per heavy atom. The van der Waals surface area contributed by atoms with Gasteiger partial charge in [0, 0.05) is 51.6 Å².